The summed E-state index contributed by atoms with van der Waals surface area (Å²) in [4.78, 5) is 26.5. The molecule has 0 aliphatic rings. The second kappa shape index (κ2) is 6.45. The lowest BCUT2D eigenvalue weighted by atomic mass is 10.1. The molecule has 1 heterocycles. The van der Waals surface area contributed by atoms with Crippen LogP contribution < -0.4 is 10.6 Å². The number of carbonyl (C=O) groups is 2. The maximum atomic E-state index is 12.9. The number of amides is 2. The number of rotatable bonds is 4. The Balaban J connectivity index is 1.93. The lowest BCUT2D eigenvalue weighted by Crippen LogP contribution is -2.30. The minimum Gasteiger partial charge on any atom is -0.366 e. The molecule has 5 heteroatoms. The molecule has 1 aromatic heterocycles. The van der Waals surface area contributed by atoms with Crippen molar-refractivity contribution < 1.29 is 9.59 Å². The second-order valence-electron chi connectivity index (χ2n) is 5.61. The van der Waals surface area contributed by atoms with E-state index in [9.17, 15) is 9.59 Å². The first kappa shape index (κ1) is 16.2. The van der Waals surface area contributed by atoms with Crippen molar-refractivity contribution in [3.63, 3.8) is 0 Å². The van der Waals surface area contributed by atoms with Gasteiger partial charge in [0.15, 0.2) is 0 Å². The number of benzene rings is 2. The summed E-state index contributed by atoms with van der Waals surface area (Å²) in [5, 5.41) is 1.09. The van der Waals surface area contributed by atoms with Crippen LogP contribution in [0, 0.1) is 6.92 Å². The maximum Gasteiger partial charge on any atom is 0.268 e. The number of primary amides is 1. The van der Waals surface area contributed by atoms with Crippen molar-refractivity contribution in [1.29, 1.82) is 0 Å². The van der Waals surface area contributed by atoms with E-state index in [0.29, 0.717) is 17.0 Å². The fourth-order valence-electron chi connectivity index (χ4n) is 2.65. The summed E-state index contributed by atoms with van der Waals surface area (Å²) in [7, 11) is 0. The number of anilines is 1. The largest absolute Gasteiger partial charge is 0.366 e. The van der Waals surface area contributed by atoms with E-state index < -0.39 is 5.91 Å². The monoisotopic (exact) mass is 338 g/mol. The first-order valence-corrected chi connectivity index (χ1v) is 8.53. The van der Waals surface area contributed by atoms with Crippen LogP contribution in [0.15, 0.2) is 48.5 Å². The van der Waals surface area contributed by atoms with Gasteiger partial charge in [-0.15, -0.1) is 11.3 Å². The van der Waals surface area contributed by atoms with Crippen LogP contribution in [0.2, 0.25) is 0 Å². The van der Waals surface area contributed by atoms with Gasteiger partial charge in [0.1, 0.15) is 0 Å². The molecule has 0 unspecified atom stereocenters. The van der Waals surface area contributed by atoms with E-state index >= 15 is 0 Å². The lowest BCUT2D eigenvalue weighted by molar-refractivity contribution is 0.0988. The third-order valence-corrected chi connectivity index (χ3v) is 5.01. The van der Waals surface area contributed by atoms with Crippen LogP contribution in [0.3, 0.4) is 0 Å². The first-order chi connectivity index (χ1) is 11.5. The standard InChI is InChI=1S/C19H18N2O2S/c1-3-21(15-7-5-13(6-8-15)18(20)22)19(23)17-11-14-10-12(2)4-9-16(14)24-17/h4-11H,3H2,1-2H3,(H2,20,22). The molecule has 4 nitrogen and oxygen atoms in total. The van der Waals surface area contributed by atoms with Gasteiger partial charge in [-0.2, -0.15) is 0 Å². The van der Waals surface area contributed by atoms with Crippen LogP contribution >= 0.6 is 11.3 Å². The van der Waals surface area contributed by atoms with Crippen LogP contribution in [-0.4, -0.2) is 18.4 Å². The molecule has 3 aromatic rings. The molecule has 0 aliphatic carbocycles. The van der Waals surface area contributed by atoms with Gasteiger partial charge >= 0.3 is 0 Å². The van der Waals surface area contributed by atoms with Crippen molar-refractivity contribution in [2.45, 2.75) is 13.8 Å². The summed E-state index contributed by atoms with van der Waals surface area (Å²) in [5.41, 5.74) is 7.62. The highest BCUT2D eigenvalue weighted by Gasteiger charge is 2.19. The average Bonchev–Trinajstić information content (AvgIpc) is 2.99. The molecule has 0 spiro atoms. The van der Waals surface area contributed by atoms with Crippen LogP contribution in [0.1, 0.15) is 32.5 Å². The Hall–Kier alpha value is -2.66. The molecular weight excluding hydrogens is 320 g/mol. The minimum atomic E-state index is -0.476. The van der Waals surface area contributed by atoms with Gasteiger partial charge in [-0.05, 0) is 55.6 Å². The normalized spacial score (nSPS) is 10.8. The zero-order valence-corrected chi connectivity index (χ0v) is 14.4. The van der Waals surface area contributed by atoms with Crippen molar-refractivity contribution in [3.8, 4) is 0 Å². The molecule has 0 aliphatic heterocycles. The molecule has 2 N–H and O–H groups in total. The topological polar surface area (TPSA) is 63.4 Å². The Labute approximate surface area is 144 Å². The number of hydrogen-bond donors (Lipinski definition) is 1. The number of fused-ring (bicyclic) bond motifs is 1. The predicted octanol–water partition coefficient (Wildman–Crippen LogP) is 3.98. The van der Waals surface area contributed by atoms with E-state index in [1.807, 2.05) is 32.0 Å². The Morgan fingerprint density at radius 3 is 2.42 bits per heavy atom. The molecule has 3 rings (SSSR count). The third kappa shape index (κ3) is 3.03. The van der Waals surface area contributed by atoms with E-state index in [1.165, 1.54) is 16.9 Å². The van der Waals surface area contributed by atoms with Gasteiger partial charge in [0.25, 0.3) is 5.91 Å². The van der Waals surface area contributed by atoms with Crippen LogP contribution in [0.4, 0.5) is 5.69 Å². The van der Waals surface area contributed by atoms with Gasteiger partial charge in [-0.3, -0.25) is 9.59 Å². The summed E-state index contributed by atoms with van der Waals surface area (Å²) in [6.45, 7) is 4.51. The van der Waals surface area contributed by atoms with E-state index in [-0.39, 0.29) is 5.91 Å². The molecule has 2 aromatic carbocycles. The number of thiophene rings is 1. The zero-order chi connectivity index (χ0) is 17.3. The highest BCUT2D eigenvalue weighted by Crippen LogP contribution is 2.29. The molecular formula is C19H18N2O2S. The number of nitrogens with two attached hydrogens (primary N) is 1. The van der Waals surface area contributed by atoms with Gasteiger partial charge in [0.05, 0.1) is 4.88 Å². The maximum absolute atomic E-state index is 12.9. The highest BCUT2D eigenvalue weighted by molar-refractivity contribution is 7.20. The van der Waals surface area contributed by atoms with Crippen LogP contribution in [0.25, 0.3) is 10.1 Å². The Morgan fingerprint density at radius 1 is 1.08 bits per heavy atom. The molecule has 24 heavy (non-hydrogen) atoms. The summed E-state index contributed by atoms with van der Waals surface area (Å²) in [5.74, 6) is -0.515. The Kier molecular flexibility index (Phi) is 4.36. The lowest BCUT2D eigenvalue weighted by Gasteiger charge is -2.20. The molecule has 0 bridgehead atoms. The fraction of sp³-hybridized carbons (Fsp3) is 0.158. The van der Waals surface area contributed by atoms with Crippen molar-refractivity contribution in [1.82, 2.24) is 0 Å². The Morgan fingerprint density at radius 2 is 1.79 bits per heavy atom. The number of carbonyl (C=O) groups excluding carboxylic acids is 2. The highest BCUT2D eigenvalue weighted by atomic mass is 32.1. The molecule has 0 radical (unpaired) electrons. The van der Waals surface area contributed by atoms with E-state index in [2.05, 4.69) is 6.07 Å². The number of hydrogen-bond acceptors (Lipinski definition) is 3. The molecule has 122 valence electrons. The second-order valence-corrected chi connectivity index (χ2v) is 6.70. The van der Waals surface area contributed by atoms with Gasteiger partial charge in [-0.1, -0.05) is 17.7 Å². The van der Waals surface area contributed by atoms with Crippen molar-refractivity contribution >= 4 is 38.9 Å². The summed E-state index contributed by atoms with van der Waals surface area (Å²) in [6, 6.07) is 14.9. The molecule has 0 fully saturated rings. The average molecular weight is 338 g/mol. The third-order valence-electron chi connectivity index (χ3n) is 3.91. The SMILES string of the molecule is CCN(C(=O)c1cc2cc(C)ccc2s1)c1ccc(C(N)=O)cc1. The molecule has 2 amide bonds. The first-order valence-electron chi connectivity index (χ1n) is 7.71. The van der Waals surface area contributed by atoms with Gasteiger partial charge in [0.2, 0.25) is 5.91 Å². The van der Waals surface area contributed by atoms with Crippen molar-refractivity contribution in [3.05, 3.63) is 64.5 Å². The molecule has 0 saturated carbocycles. The van der Waals surface area contributed by atoms with Gasteiger partial charge in [0, 0.05) is 22.5 Å². The van der Waals surface area contributed by atoms with E-state index in [0.717, 1.165) is 15.8 Å². The summed E-state index contributed by atoms with van der Waals surface area (Å²) >= 11 is 1.50. The Bertz CT molecular complexity index is 913. The van der Waals surface area contributed by atoms with Gasteiger partial charge in [-0.25, -0.2) is 0 Å². The fourth-order valence-corrected chi connectivity index (χ4v) is 3.64. The quantitative estimate of drug-likeness (QED) is 0.782. The van der Waals surface area contributed by atoms with Crippen molar-refractivity contribution in [2.24, 2.45) is 5.73 Å². The van der Waals surface area contributed by atoms with Gasteiger partial charge < -0.3 is 10.6 Å². The smallest absolute Gasteiger partial charge is 0.268 e. The molecule has 0 saturated heterocycles. The van der Waals surface area contributed by atoms with Crippen LogP contribution in [0.5, 0.6) is 0 Å². The van der Waals surface area contributed by atoms with Crippen LogP contribution in [-0.2, 0) is 0 Å². The zero-order valence-electron chi connectivity index (χ0n) is 13.6. The summed E-state index contributed by atoms with van der Waals surface area (Å²) in [6.07, 6.45) is 0. The van der Waals surface area contributed by atoms with Crippen molar-refractivity contribution in [2.75, 3.05) is 11.4 Å². The minimum absolute atomic E-state index is 0.0387. The molecule has 0 atom stereocenters. The predicted molar refractivity (Wildman–Crippen MR) is 98.9 cm³/mol. The number of nitrogens with zero attached hydrogens (tertiary/aromatic N) is 1. The number of aryl methyl sites for hydroxylation is 1. The summed E-state index contributed by atoms with van der Waals surface area (Å²) < 4.78 is 1.10. The van der Waals surface area contributed by atoms with E-state index in [1.54, 1.807) is 29.2 Å². The van der Waals surface area contributed by atoms with E-state index in [4.69, 9.17) is 5.73 Å².